The first-order valence-corrected chi connectivity index (χ1v) is 15.1. The predicted molar refractivity (Wildman–Crippen MR) is 165 cm³/mol. The van der Waals surface area contributed by atoms with Crippen molar-refractivity contribution in [3.8, 4) is 29.6 Å². The van der Waals surface area contributed by atoms with Crippen LogP contribution in [-0.2, 0) is 26.4 Å². The molecule has 3 aromatic carbocycles. The molecule has 220 valence electrons. The molecular formula is C36H46O5. The number of hydrogen-bond donors (Lipinski definition) is 2. The Hall–Kier alpha value is -3.46. The Labute approximate surface area is 246 Å². The van der Waals surface area contributed by atoms with Crippen LogP contribution in [0.5, 0.6) is 17.2 Å². The van der Waals surface area contributed by atoms with Gasteiger partial charge in [-0.05, 0) is 53.9 Å². The Balaban J connectivity index is 1.34. The fraction of sp³-hybridized carbons (Fsp3) is 0.444. The summed E-state index contributed by atoms with van der Waals surface area (Å²) in [4.78, 5) is 0. The van der Waals surface area contributed by atoms with E-state index in [9.17, 15) is 10.2 Å². The highest BCUT2D eigenvalue weighted by Crippen LogP contribution is 2.28. The molecule has 0 bridgehead atoms. The van der Waals surface area contributed by atoms with Crippen molar-refractivity contribution < 1.29 is 24.4 Å². The van der Waals surface area contributed by atoms with Crippen molar-refractivity contribution >= 4 is 0 Å². The van der Waals surface area contributed by atoms with Crippen LogP contribution < -0.4 is 14.2 Å². The molecule has 2 N–H and O–H groups in total. The minimum absolute atomic E-state index is 0.225. The molecular weight excluding hydrogens is 512 g/mol. The number of ether oxygens (including phenoxy) is 3. The van der Waals surface area contributed by atoms with Crippen LogP contribution in [0.2, 0.25) is 0 Å². The summed E-state index contributed by atoms with van der Waals surface area (Å²) in [6.07, 6.45) is 18.7. The van der Waals surface area contributed by atoms with Crippen molar-refractivity contribution in [2.24, 2.45) is 0 Å². The first-order valence-electron chi connectivity index (χ1n) is 15.1. The number of benzene rings is 3. The van der Waals surface area contributed by atoms with Crippen molar-refractivity contribution in [2.75, 3.05) is 6.61 Å². The van der Waals surface area contributed by atoms with Crippen molar-refractivity contribution in [2.45, 2.75) is 97.6 Å². The fourth-order valence-corrected chi connectivity index (χ4v) is 4.72. The van der Waals surface area contributed by atoms with E-state index in [1.54, 1.807) is 12.1 Å². The van der Waals surface area contributed by atoms with Crippen LogP contribution in [0.3, 0.4) is 0 Å². The van der Waals surface area contributed by atoms with Crippen LogP contribution in [-0.4, -0.2) is 16.8 Å². The van der Waals surface area contributed by atoms with E-state index in [4.69, 9.17) is 20.6 Å². The zero-order chi connectivity index (χ0) is 29.1. The summed E-state index contributed by atoms with van der Waals surface area (Å²) in [5, 5.41) is 19.4. The summed E-state index contributed by atoms with van der Waals surface area (Å²) >= 11 is 0. The molecule has 0 amide bonds. The molecule has 0 heterocycles. The molecule has 0 saturated heterocycles. The molecule has 5 nitrogen and oxygen atoms in total. The van der Waals surface area contributed by atoms with E-state index in [1.165, 1.54) is 57.8 Å². The molecule has 0 saturated carbocycles. The average molecular weight is 559 g/mol. The van der Waals surface area contributed by atoms with Gasteiger partial charge in [-0.3, -0.25) is 0 Å². The zero-order valence-electron chi connectivity index (χ0n) is 24.6. The minimum atomic E-state index is -0.225. The minimum Gasteiger partial charge on any atom is -0.494 e. The van der Waals surface area contributed by atoms with Crippen LogP contribution >= 0.6 is 0 Å². The summed E-state index contributed by atoms with van der Waals surface area (Å²) in [5.41, 5.74) is 3.72. The lowest BCUT2D eigenvalue weighted by Crippen LogP contribution is -2.04. The number of rotatable bonds is 20. The van der Waals surface area contributed by atoms with Gasteiger partial charge < -0.3 is 24.4 Å². The second-order valence-corrected chi connectivity index (χ2v) is 10.5. The second-order valence-electron chi connectivity index (χ2n) is 10.5. The first-order chi connectivity index (χ1) is 20.2. The molecule has 0 aromatic heterocycles. The number of unbranched alkanes of at least 4 members (excludes halogenated alkanes) is 9. The molecule has 3 rings (SSSR count). The Morgan fingerprint density at radius 3 is 1.56 bits per heavy atom. The zero-order valence-corrected chi connectivity index (χ0v) is 24.6. The number of aliphatic hydroxyl groups is 2. The summed E-state index contributed by atoms with van der Waals surface area (Å²) in [7, 11) is 0. The van der Waals surface area contributed by atoms with Gasteiger partial charge in [0.1, 0.15) is 30.5 Å². The van der Waals surface area contributed by atoms with E-state index >= 15 is 0 Å². The molecule has 0 unspecified atom stereocenters. The Morgan fingerprint density at radius 1 is 0.610 bits per heavy atom. The highest BCUT2D eigenvalue weighted by molar-refractivity contribution is 5.49. The predicted octanol–water partition coefficient (Wildman–Crippen LogP) is 8.11. The standard InChI is InChI=1S/C36H46O5/c1-3-5-6-7-8-9-10-11-12-13-22-39-34-18-14-30(15-19-34)27-40-35-20-16-31(17-21-35)28-41-36-32(25-37)23-29(4-2)24-33(36)26-38/h2,14-21,23-24,37-38H,3,5-13,22,25-28H2,1H3. The Morgan fingerprint density at radius 2 is 1.07 bits per heavy atom. The third kappa shape index (κ3) is 11.5. The van der Waals surface area contributed by atoms with Crippen molar-refractivity contribution in [3.63, 3.8) is 0 Å². The maximum absolute atomic E-state index is 9.71. The van der Waals surface area contributed by atoms with Gasteiger partial charge >= 0.3 is 0 Å². The second kappa shape index (κ2) is 18.8. The van der Waals surface area contributed by atoms with Crippen LogP contribution in [0.1, 0.15) is 98.9 Å². The topological polar surface area (TPSA) is 68.2 Å². The normalized spacial score (nSPS) is 10.8. The quantitative estimate of drug-likeness (QED) is 0.108. The Bertz CT molecular complexity index is 1150. The van der Waals surface area contributed by atoms with E-state index < -0.39 is 0 Å². The lowest BCUT2D eigenvalue weighted by Gasteiger charge is -2.15. The van der Waals surface area contributed by atoms with Gasteiger partial charge in [0.25, 0.3) is 0 Å². The van der Waals surface area contributed by atoms with E-state index in [1.807, 2.05) is 48.5 Å². The van der Waals surface area contributed by atoms with Crippen LogP contribution in [0, 0.1) is 12.3 Å². The summed E-state index contributed by atoms with van der Waals surface area (Å²) in [6.45, 7) is 3.34. The van der Waals surface area contributed by atoms with Gasteiger partial charge in [-0.25, -0.2) is 0 Å². The number of aliphatic hydroxyl groups excluding tert-OH is 2. The van der Waals surface area contributed by atoms with E-state index in [2.05, 4.69) is 12.8 Å². The molecule has 0 radical (unpaired) electrons. The molecule has 5 heteroatoms. The molecule has 0 atom stereocenters. The monoisotopic (exact) mass is 558 g/mol. The SMILES string of the molecule is C#Cc1cc(CO)c(OCc2ccc(OCc3ccc(OCCCCCCCCCCCC)cc3)cc2)c(CO)c1. The highest BCUT2D eigenvalue weighted by atomic mass is 16.5. The summed E-state index contributed by atoms with van der Waals surface area (Å²) < 4.78 is 17.8. The third-order valence-corrected chi connectivity index (χ3v) is 7.15. The van der Waals surface area contributed by atoms with Gasteiger partial charge in [-0.2, -0.15) is 0 Å². The lowest BCUT2D eigenvalue weighted by atomic mass is 10.0. The molecule has 0 aliphatic carbocycles. The third-order valence-electron chi connectivity index (χ3n) is 7.15. The van der Waals surface area contributed by atoms with Crippen molar-refractivity contribution in [1.29, 1.82) is 0 Å². The molecule has 0 fully saturated rings. The highest BCUT2D eigenvalue weighted by Gasteiger charge is 2.12. The van der Waals surface area contributed by atoms with Gasteiger partial charge in [0, 0.05) is 16.7 Å². The molecule has 3 aromatic rings. The van der Waals surface area contributed by atoms with Crippen molar-refractivity contribution in [3.05, 3.63) is 88.5 Å². The van der Waals surface area contributed by atoms with Gasteiger partial charge in [0.15, 0.2) is 0 Å². The number of hydrogen-bond acceptors (Lipinski definition) is 5. The maximum atomic E-state index is 9.71. The van der Waals surface area contributed by atoms with Crippen LogP contribution in [0.4, 0.5) is 0 Å². The fourth-order valence-electron chi connectivity index (χ4n) is 4.72. The van der Waals surface area contributed by atoms with E-state index in [-0.39, 0.29) is 19.8 Å². The van der Waals surface area contributed by atoms with Crippen LogP contribution in [0.25, 0.3) is 0 Å². The van der Waals surface area contributed by atoms with E-state index in [0.29, 0.717) is 29.0 Å². The van der Waals surface area contributed by atoms with Gasteiger partial charge in [-0.15, -0.1) is 6.42 Å². The largest absolute Gasteiger partial charge is 0.494 e. The first kappa shape index (κ1) is 32.1. The Kier molecular flexibility index (Phi) is 14.7. The number of terminal acetylenes is 1. The van der Waals surface area contributed by atoms with Crippen molar-refractivity contribution in [1.82, 2.24) is 0 Å². The van der Waals surface area contributed by atoms with Crippen LogP contribution in [0.15, 0.2) is 60.7 Å². The smallest absolute Gasteiger partial charge is 0.130 e. The summed E-state index contributed by atoms with van der Waals surface area (Å²) in [6, 6.07) is 19.2. The van der Waals surface area contributed by atoms with E-state index in [0.717, 1.165) is 35.7 Å². The average Bonchev–Trinajstić information content (AvgIpc) is 3.02. The molecule has 0 spiro atoms. The maximum Gasteiger partial charge on any atom is 0.130 e. The lowest BCUT2D eigenvalue weighted by molar-refractivity contribution is 0.242. The molecule has 0 aliphatic heterocycles. The van der Waals surface area contributed by atoms with Gasteiger partial charge in [0.05, 0.1) is 19.8 Å². The van der Waals surface area contributed by atoms with Gasteiger partial charge in [-0.1, -0.05) is 94.9 Å². The molecule has 41 heavy (non-hydrogen) atoms. The van der Waals surface area contributed by atoms with Gasteiger partial charge in [0.2, 0.25) is 0 Å². The summed E-state index contributed by atoms with van der Waals surface area (Å²) in [5.74, 6) is 4.66. The molecule has 0 aliphatic rings.